The Morgan fingerprint density at radius 1 is 0.977 bits per heavy atom. The summed E-state index contributed by atoms with van der Waals surface area (Å²) in [6.07, 6.45) is 1.12. The Bertz CT molecular complexity index is 1500. The fourth-order valence-electron chi connectivity index (χ4n) is 4.08. The molecule has 0 fully saturated rings. The van der Waals surface area contributed by atoms with Gasteiger partial charge in [-0.3, -0.25) is 14.6 Å². The van der Waals surface area contributed by atoms with E-state index in [-0.39, 0.29) is 41.2 Å². The molecule has 0 spiro atoms. The zero-order chi connectivity index (χ0) is 32.0. The molecule has 0 aliphatic carbocycles. The fraction of sp³-hybridized carbons (Fsp3) is 0.406. The SMILES string of the molecule is CC.CN=C(NC(=O)Cc1cccc(C#N)c1)SC(C)(C)C(C)CC(C)c1nnc(NC(=O)Cc2cccc(C#N)c2)s1. The van der Waals surface area contributed by atoms with E-state index in [1.54, 1.807) is 43.4 Å². The van der Waals surface area contributed by atoms with Gasteiger partial charge in [0, 0.05) is 17.7 Å². The molecule has 2 atom stereocenters. The van der Waals surface area contributed by atoms with E-state index in [9.17, 15) is 9.59 Å². The molecule has 3 rings (SSSR count). The molecule has 1 aromatic heterocycles. The number of nitrogens with one attached hydrogen (secondary N) is 2. The van der Waals surface area contributed by atoms with E-state index >= 15 is 0 Å². The number of amides is 2. The number of amidine groups is 1. The highest BCUT2D eigenvalue weighted by atomic mass is 32.2. The zero-order valence-corrected chi connectivity index (χ0v) is 27.4. The average molecular weight is 618 g/mol. The Morgan fingerprint density at radius 3 is 2.07 bits per heavy atom. The van der Waals surface area contributed by atoms with E-state index < -0.39 is 0 Å². The number of thioether (sulfide) groups is 1. The summed E-state index contributed by atoms with van der Waals surface area (Å²) in [5, 5.41) is 34.1. The van der Waals surface area contributed by atoms with Gasteiger partial charge in [0.05, 0.1) is 36.1 Å². The largest absolute Gasteiger partial charge is 0.305 e. The second-order valence-corrected chi connectivity index (χ2v) is 12.9. The average Bonchev–Trinajstić information content (AvgIpc) is 3.46. The van der Waals surface area contributed by atoms with E-state index in [4.69, 9.17) is 10.5 Å². The molecule has 2 aromatic carbocycles. The Kier molecular flexibility index (Phi) is 14.0. The molecule has 0 radical (unpaired) electrons. The molecule has 11 heteroatoms. The fourth-order valence-corrected chi connectivity index (χ4v) is 5.95. The Hall–Kier alpha value is -4.06. The first-order valence-corrected chi connectivity index (χ1v) is 15.7. The summed E-state index contributed by atoms with van der Waals surface area (Å²) in [6, 6.07) is 18.1. The summed E-state index contributed by atoms with van der Waals surface area (Å²) in [4.78, 5) is 29.5. The molecule has 2 amide bonds. The van der Waals surface area contributed by atoms with Gasteiger partial charge in [0.1, 0.15) is 5.01 Å². The van der Waals surface area contributed by atoms with Gasteiger partial charge in [0.25, 0.3) is 0 Å². The lowest BCUT2D eigenvalue weighted by Crippen LogP contribution is -2.36. The number of benzene rings is 2. The van der Waals surface area contributed by atoms with Crippen molar-refractivity contribution in [3.05, 3.63) is 75.8 Å². The predicted octanol–water partition coefficient (Wildman–Crippen LogP) is 6.48. The van der Waals surface area contributed by atoms with E-state index in [1.807, 2.05) is 26.0 Å². The van der Waals surface area contributed by atoms with Crippen LogP contribution in [0.3, 0.4) is 0 Å². The van der Waals surface area contributed by atoms with Crippen LogP contribution in [0.25, 0.3) is 0 Å². The highest BCUT2D eigenvalue weighted by molar-refractivity contribution is 8.15. The third kappa shape index (κ3) is 11.3. The highest BCUT2D eigenvalue weighted by Gasteiger charge is 2.31. The number of rotatable bonds is 10. The minimum atomic E-state index is -0.253. The summed E-state index contributed by atoms with van der Waals surface area (Å²) >= 11 is 2.87. The van der Waals surface area contributed by atoms with Crippen LogP contribution >= 0.6 is 23.1 Å². The molecule has 226 valence electrons. The van der Waals surface area contributed by atoms with Crippen LogP contribution in [0.4, 0.5) is 5.13 Å². The molecular formula is C32H39N7O2S2. The van der Waals surface area contributed by atoms with Crippen LogP contribution in [0.1, 0.15) is 81.1 Å². The highest BCUT2D eigenvalue weighted by Crippen LogP contribution is 2.39. The molecule has 9 nitrogen and oxygen atoms in total. The molecule has 0 saturated heterocycles. The van der Waals surface area contributed by atoms with E-state index in [0.29, 0.717) is 21.4 Å². The maximum atomic E-state index is 12.7. The van der Waals surface area contributed by atoms with Gasteiger partial charge in [-0.15, -0.1) is 10.2 Å². The van der Waals surface area contributed by atoms with Crippen LogP contribution in [-0.4, -0.2) is 39.0 Å². The van der Waals surface area contributed by atoms with Crippen LogP contribution in [0, 0.1) is 28.6 Å². The van der Waals surface area contributed by atoms with Crippen LogP contribution in [0.15, 0.2) is 53.5 Å². The molecule has 2 N–H and O–H groups in total. The maximum absolute atomic E-state index is 12.7. The van der Waals surface area contributed by atoms with Crippen LogP contribution in [0.2, 0.25) is 0 Å². The molecule has 43 heavy (non-hydrogen) atoms. The number of anilines is 1. The lowest BCUT2D eigenvalue weighted by molar-refractivity contribution is -0.119. The minimum Gasteiger partial charge on any atom is -0.305 e. The molecule has 0 saturated carbocycles. The topological polar surface area (TPSA) is 144 Å². The van der Waals surface area contributed by atoms with E-state index in [1.165, 1.54) is 23.1 Å². The third-order valence-electron chi connectivity index (χ3n) is 6.65. The monoisotopic (exact) mass is 617 g/mol. The predicted molar refractivity (Wildman–Crippen MR) is 175 cm³/mol. The molecule has 0 aliphatic heterocycles. The Balaban J connectivity index is 0.00000316. The minimum absolute atomic E-state index is 0.101. The molecule has 0 bridgehead atoms. The second kappa shape index (κ2) is 17.2. The van der Waals surface area contributed by atoms with Crippen molar-refractivity contribution in [2.75, 3.05) is 12.4 Å². The van der Waals surface area contributed by atoms with Gasteiger partial charge in [-0.1, -0.05) is 75.1 Å². The van der Waals surface area contributed by atoms with Crippen molar-refractivity contribution < 1.29 is 9.59 Å². The summed E-state index contributed by atoms with van der Waals surface area (Å²) < 4.78 is -0.253. The van der Waals surface area contributed by atoms with Gasteiger partial charge in [0.15, 0.2) is 5.17 Å². The van der Waals surface area contributed by atoms with Crippen LogP contribution < -0.4 is 10.6 Å². The first-order chi connectivity index (χ1) is 20.5. The van der Waals surface area contributed by atoms with Crippen molar-refractivity contribution in [3.63, 3.8) is 0 Å². The zero-order valence-electron chi connectivity index (χ0n) is 25.8. The first kappa shape index (κ1) is 35.1. The van der Waals surface area contributed by atoms with Crippen molar-refractivity contribution in [2.45, 2.75) is 71.5 Å². The lowest BCUT2D eigenvalue weighted by Gasteiger charge is -2.32. The number of nitriles is 2. The first-order valence-electron chi connectivity index (χ1n) is 14.1. The molecule has 3 aromatic rings. The Morgan fingerprint density at radius 2 is 1.53 bits per heavy atom. The number of hydrogen-bond acceptors (Lipinski definition) is 9. The maximum Gasteiger partial charge on any atom is 0.230 e. The quantitative estimate of drug-likeness (QED) is 0.196. The van der Waals surface area contributed by atoms with Gasteiger partial charge in [-0.25, -0.2) is 0 Å². The Labute approximate surface area is 262 Å². The van der Waals surface area contributed by atoms with Crippen molar-refractivity contribution in [1.29, 1.82) is 10.5 Å². The van der Waals surface area contributed by atoms with Gasteiger partial charge in [0.2, 0.25) is 16.9 Å². The van der Waals surface area contributed by atoms with Crippen molar-refractivity contribution in [3.8, 4) is 12.1 Å². The van der Waals surface area contributed by atoms with Gasteiger partial charge in [-0.2, -0.15) is 10.5 Å². The van der Waals surface area contributed by atoms with Crippen molar-refractivity contribution in [2.24, 2.45) is 10.9 Å². The summed E-state index contributed by atoms with van der Waals surface area (Å²) in [5.41, 5.74) is 2.56. The normalized spacial score (nSPS) is 12.5. The molecule has 0 aliphatic rings. The third-order valence-corrected chi connectivity index (χ3v) is 9.13. The summed E-state index contributed by atoms with van der Waals surface area (Å²) in [5.74, 6) is -0.0825. The second-order valence-electron chi connectivity index (χ2n) is 10.3. The molecular weight excluding hydrogens is 579 g/mol. The van der Waals surface area contributed by atoms with Gasteiger partial charge >= 0.3 is 0 Å². The molecule has 1 heterocycles. The van der Waals surface area contributed by atoms with E-state index in [0.717, 1.165) is 22.6 Å². The number of hydrogen-bond donors (Lipinski definition) is 2. The summed E-state index contributed by atoms with van der Waals surface area (Å²) in [6.45, 7) is 12.5. The number of nitrogens with zero attached hydrogens (tertiary/aromatic N) is 5. The van der Waals surface area contributed by atoms with Gasteiger partial charge in [-0.05, 0) is 61.6 Å². The number of aliphatic imine (C=N–C) groups is 1. The number of carbonyl (C=O) groups excluding carboxylic acids is 2. The number of carbonyl (C=O) groups is 2. The van der Waals surface area contributed by atoms with Crippen molar-refractivity contribution in [1.82, 2.24) is 15.5 Å². The molecule has 2 unspecified atom stereocenters. The van der Waals surface area contributed by atoms with Crippen molar-refractivity contribution >= 4 is 45.2 Å². The van der Waals surface area contributed by atoms with E-state index in [2.05, 4.69) is 65.7 Å². The smallest absolute Gasteiger partial charge is 0.230 e. The summed E-state index contributed by atoms with van der Waals surface area (Å²) in [7, 11) is 1.65. The van der Waals surface area contributed by atoms with Crippen LogP contribution in [0.5, 0.6) is 0 Å². The standard InChI is InChI=1S/C30H33N7O2S2.C2H6/c1-19(27-36-37-29(40-27)35-26(39)16-22-9-7-11-24(14-22)18-32)12-20(2)30(3,4)41-28(33-5)34-25(38)15-21-8-6-10-23(13-21)17-31;1-2/h6-11,13-14,19-20H,12,15-16H2,1-5H3,(H,33,34,38)(H,35,37,39);1-2H3. The van der Waals surface area contributed by atoms with Gasteiger partial charge < -0.3 is 10.6 Å². The van der Waals surface area contributed by atoms with Crippen LogP contribution in [-0.2, 0) is 22.4 Å². The lowest BCUT2D eigenvalue weighted by atomic mass is 9.88. The number of aromatic nitrogens is 2.